The monoisotopic (exact) mass is 351 g/mol. The number of quaternary nitrogens is 1. The second kappa shape index (κ2) is 8.13. The number of ether oxygens (including phenoxy) is 1. The lowest BCUT2D eigenvalue weighted by atomic mass is 10.1. The number of anilines is 1. The molecule has 0 heterocycles. The molecule has 0 fully saturated rings. The Hall–Kier alpha value is -2.11. The van der Waals surface area contributed by atoms with Gasteiger partial charge in [0.15, 0.2) is 6.04 Å². The van der Waals surface area contributed by atoms with Crippen molar-refractivity contribution in [3.05, 3.63) is 58.9 Å². The third kappa shape index (κ3) is 4.24. The molecular weight excluding hydrogens is 331 g/mol. The second-order valence-corrected chi connectivity index (χ2v) is 6.04. The van der Waals surface area contributed by atoms with Gasteiger partial charge in [0.25, 0.3) is 5.91 Å². The zero-order chi connectivity index (χ0) is 17.7. The smallest absolute Gasteiger partial charge is 0.282 e. The Bertz CT molecular complexity index is 704. The Morgan fingerprint density at radius 3 is 2.67 bits per heavy atom. The van der Waals surface area contributed by atoms with Crippen molar-refractivity contribution in [2.24, 2.45) is 0 Å². The molecule has 1 unspecified atom stereocenters. The molecular formula is C18H21ClFN2O2+. The van der Waals surface area contributed by atoms with Crippen molar-refractivity contribution < 1.29 is 18.8 Å². The number of methoxy groups -OCH3 is 1. The molecule has 0 aliphatic carbocycles. The molecule has 0 aliphatic rings. The van der Waals surface area contributed by atoms with E-state index in [-0.39, 0.29) is 11.7 Å². The number of hydrogen-bond donors (Lipinski definition) is 2. The maximum Gasteiger partial charge on any atom is 0.282 e. The minimum absolute atomic E-state index is 0.176. The van der Waals surface area contributed by atoms with E-state index in [0.717, 1.165) is 4.90 Å². The molecule has 2 aromatic rings. The molecule has 0 saturated carbocycles. The molecule has 2 aromatic carbocycles. The Morgan fingerprint density at radius 2 is 2.00 bits per heavy atom. The topological polar surface area (TPSA) is 42.8 Å². The van der Waals surface area contributed by atoms with Crippen LogP contribution in [-0.4, -0.2) is 26.1 Å². The molecule has 0 saturated heterocycles. The van der Waals surface area contributed by atoms with Gasteiger partial charge >= 0.3 is 0 Å². The van der Waals surface area contributed by atoms with Crippen molar-refractivity contribution in [3.8, 4) is 5.75 Å². The fourth-order valence-corrected chi connectivity index (χ4v) is 2.58. The highest BCUT2D eigenvalue weighted by atomic mass is 35.5. The number of amides is 1. The fourth-order valence-electron chi connectivity index (χ4n) is 2.35. The summed E-state index contributed by atoms with van der Waals surface area (Å²) < 4.78 is 19.1. The molecule has 1 amide bonds. The predicted octanol–water partition coefficient (Wildman–Crippen LogP) is 2.53. The minimum Gasteiger partial charge on any atom is -0.495 e. The van der Waals surface area contributed by atoms with Gasteiger partial charge in [-0.3, -0.25) is 4.79 Å². The molecule has 128 valence electrons. The summed E-state index contributed by atoms with van der Waals surface area (Å²) in [7, 11) is 3.38. The van der Waals surface area contributed by atoms with Crippen molar-refractivity contribution >= 4 is 23.2 Å². The van der Waals surface area contributed by atoms with Crippen LogP contribution in [-0.2, 0) is 11.3 Å². The summed E-state index contributed by atoms with van der Waals surface area (Å²) in [4.78, 5) is 13.3. The number of likely N-dealkylation sites (N-methyl/N-ethyl adjacent to an activating group) is 1. The molecule has 0 aromatic heterocycles. The van der Waals surface area contributed by atoms with Crippen LogP contribution in [0, 0.1) is 5.82 Å². The van der Waals surface area contributed by atoms with Gasteiger partial charge in [0.05, 0.1) is 30.4 Å². The maximum absolute atomic E-state index is 13.9. The van der Waals surface area contributed by atoms with E-state index in [2.05, 4.69) is 5.32 Å². The number of benzene rings is 2. The third-order valence-corrected chi connectivity index (χ3v) is 4.37. The fraction of sp³-hybridized carbons (Fsp3) is 0.278. The zero-order valence-corrected chi connectivity index (χ0v) is 14.7. The van der Waals surface area contributed by atoms with Crippen LogP contribution < -0.4 is 15.0 Å². The van der Waals surface area contributed by atoms with E-state index < -0.39 is 6.04 Å². The lowest BCUT2D eigenvalue weighted by Crippen LogP contribution is -3.12. The van der Waals surface area contributed by atoms with Gasteiger partial charge < -0.3 is 15.0 Å². The highest BCUT2D eigenvalue weighted by Crippen LogP contribution is 2.23. The number of carbonyl (C=O) groups excluding carboxylic acids is 1. The Kier molecular flexibility index (Phi) is 6.17. The first-order chi connectivity index (χ1) is 11.4. The number of nitrogens with one attached hydrogen (secondary N) is 2. The molecule has 0 radical (unpaired) electrons. The summed E-state index contributed by atoms with van der Waals surface area (Å²) in [5, 5.41) is 3.21. The average molecular weight is 352 g/mol. The van der Waals surface area contributed by atoms with Gasteiger partial charge in [-0.15, -0.1) is 0 Å². The molecule has 0 bridgehead atoms. The molecule has 24 heavy (non-hydrogen) atoms. The van der Waals surface area contributed by atoms with Crippen molar-refractivity contribution in [1.82, 2.24) is 0 Å². The van der Waals surface area contributed by atoms with Crippen molar-refractivity contribution in [3.63, 3.8) is 0 Å². The van der Waals surface area contributed by atoms with Gasteiger partial charge in [-0.05, 0) is 31.2 Å². The summed E-state index contributed by atoms with van der Waals surface area (Å²) in [5.41, 5.74) is 1.02. The maximum atomic E-state index is 13.9. The van der Waals surface area contributed by atoms with Gasteiger partial charge in [-0.2, -0.15) is 0 Å². The number of hydrogen-bond acceptors (Lipinski definition) is 2. The lowest BCUT2D eigenvalue weighted by molar-refractivity contribution is -0.908. The molecule has 2 N–H and O–H groups in total. The minimum atomic E-state index is -0.398. The highest BCUT2D eigenvalue weighted by molar-refractivity contribution is 6.31. The Labute approximate surface area is 146 Å². The van der Waals surface area contributed by atoms with Crippen LogP contribution >= 0.6 is 11.6 Å². The van der Waals surface area contributed by atoms with Crippen LogP contribution in [0.3, 0.4) is 0 Å². The first-order valence-electron chi connectivity index (χ1n) is 7.63. The molecule has 4 nitrogen and oxygen atoms in total. The molecule has 0 aliphatic heterocycles. The SMILES string of the molecule is COc1ccccc1NC(=O)[C@@H](C)[NH+](C)Cc1c(F)cccc1Cl. The van der Waals surface area contributed by atoms with E-state index in [1.165, 1.54) is 6.07 Å². The molecule has 0 spiro atoms. The van der Waals surface area contributed by atoms with Crippen LogP contribution in [0.2, 0.25) is 5.02 Å². The Morgan fingerprint density at radius 1 is 1.29 bits per heavy atom. The van der Waals surface area contributed by atoms with Crippen LogP contribution in [0.4, 0.5) is 10.1 Å². The van der Waals surface area contributed by atoms with Crippen LogP contribution in [0.1, 0.15) is 12.5 Å². The van der Waals surface area contributed by atoms with Crippen LogP contribution in [0.15, 0.2) is 42.5 Å². The Balaban J connectivity index is 2.07. The molecule has 2 atom stereocenters. The standard InChI is InChI=1S/C18H20ClFN2O2/c1-12(18(23)21-16-9-4-5-10-17(16)24-3)22(2)11-13-14(19)7-6-8-15(13)20/h4-10,12H,11H2,1-3H3,(H,21,23)/p+1/t12-/m1/s1. The number of halogens is 2. The van der Waals surface area contributed by atoms with E-state index in [9.17, 15) is 9.18 Å². The lowest BCUT2D eigenvalue weighted by Gasteiger charge is -2.22. The summed E-state index contributed by atoms with van der Waals surface area (Å²) in [6.45, 7) is 2.10. The quantitative estimate of drug-likeness (QED) is 0.840. The van der Waals surface area contributed by atoms with Crippen molar-refractivity contribution in [2.75, 3.05) is 19.5 Å². The number of para-hydroxylation sites is 2. The van der Waals surface area contributed by atoms with E-state index in [4.69, 9.17) is 16.3 Å². The van der Waals surface area contributed by atoms with E-state index >= 15 is 0 Å². The average Bonchev–Trinajstić information content (AvgIpc) is 2.57. The summed E-state index contributed by atoms with van der Waals surface area (Å²) in [6.07, 6.45) is 0. The number of rotatable bonds is 6. The summed E-state index contributed by atoms with van der Waals surface area (Å²) >= 11 is 6.06. The predicted molar refractivity (Wildman–Crippen MR) is 93.1 cm³/mol. The zero-order valence-electron chi connectivity index (χ0n) is 13.9. The van der Waals surface area contributed by atoms with Gasteiger partial charge in [-0.1, -0.05) is 29.8 Å². The van der Waals surface area contributed by atoms with E-state index in [1.807, 2.05) is 19.2 Å². The third-order valence-electron chi connectivity index (χ3n) is 4.01. The summed E-state index contributed by atoms with van der Waals surface area (Å²) in [6, 6.07) is 11.4. The van der Waals surface area contributed by atoms with Gasteiger partial charge in [0, 0.05) is 0 Å². The number of carbonyl (C=O) groups is 1. The molecule has 2 rings (SSSR count). The van der Waals surface area contributed by atoms with E-state index in [1.54, 1.807) is 38.3 Å². The normalized spacial score (nSPS) is 13.2. The highest BCUT2D eigenvalue weighted by Gasteiger charge is 2.24. The molecule has 6 heteroatoms. The van der Waals surface area contributed by atoms with Crippen LogP contribution in [0.5, 0.6) is 5.75 Å². The first kappa shape index (κ1) is 18.2. The van der Waals surface area contributed by atoms with Crippen molar-refractivity contribution in [1.29, 1.82) is 0 Å². The van der Waals surface area contributed by atoms with Crippen LogP contribution in [0.25, 0.3) is 0 Å². The van der Waals surface area contributed by atoms with E-state index in [0.29, 0.717) is 28.6 Å². The van der Waals surface area contributed by atoms with Gasteiger partial charge in [0.1, 0.15) is 18.1 Å². The van der Waals surface area contributed by atoms with Crippen molar-refractivity contribution in [2.45, 2.75) is 19.5 Å². The van der Waals surface area contributed by atoms with Gasteiger partial charge in [-0.25, -0.2) is 4.39 Å². The first-order valence-corrected chi connectivity index (χ1v) is 8.01. The van der Waals surface area contributed by atoms with Gasteiger partial charge in [0.2, 0.25) is 0 Å². The summed E-state index contributed by atoms with van der Waals surface area (Å²) in [5.74, 6) is 0.0523. The second-order valence-electron chi connectivity index (χ2n) is 5.63. The largest absolute Gasteiger partial charge is 0.495 e.